The van der Waals surface area contributed by atoms with Crippen molar-refractivity contribution in [2.45, 2.75) is 66.2 Å². The molecule has 23 heavy (non-hydrogen) atoms. The second-order valence-corrected chi connectivity index (χ2v) is 8.16. The first-order chi connectivity index (χ1) is 10.5. The molecule has 1 aromatic rings. The minimum atomic E-state index is -0.473. The highest BCUT2D eigenvalue weighted by atomic mass is 16.6. The molecule has 2 unspecified atom stereocenters. The van der Waals surface area contributed by atoms with Crippen molar-refractivity contribution < 1.29 is 9.53 Å². The van der Waals surface area contributed by atoms with Crippen LogP contribution in [0.4, 0.5) is 4.79 Å². The van der Waals surface area contributed by atoms with E-state index in [2.05, 4.69) is 62.6 Å². The Morgan fingerprint density at radius 2 is 1.65 bits per heavy atom. The van der Waals surface area contributed by atoms with Gasteiger partial charge in [-0.1, -0.05) is 51.1 Å². The molecule has 1 aromatic carbocycles. The molecule has 0 aliphatic rings. The fourth-order valence-electron chi connectivity index (χ4n) is 2.39. The van der Waals surface area contributed by atoms with E-state index in [0.29, 0.717) is 6.54 Å². The van der Waals surface area contributed by atoms with Gasteiger partial charge in [-0.3, -0.25) is 0 Å². The molecular formula is C19H32N2O2. The van der Waals surface area contributed by atoms with Crippen molar-refractivity contribution in [3.63, 3.8) is 0 Å². The van der Waals surface area contributed by atoms with Crippen molar-refractivity contribution in [3.8, 4) is 0 Å². The van der Waals surface area contributed by atoms with Crippen molar-refractivity contribution in [1.29, 1.82) is 0 Å². The maximum absolute atomic E-state index is 11.8. The topological polar surface area (TPSA) is 50.4 Å². The Hall–Kier alpha value is -1.55. The Kier molecular flexibility index (Phi) is 6.63. The number of hydrogen-bond acceptors (Lipinski definition) is 3. The molecular weight excluding hydrogens is 288 g/mol. The van der Waals surface area contributed by atoms with Crippen LogP contribution >= 0.6 is 0 Å². The smallest absolute Gasteiger partial charge is 0.407 e. The van der Waals surface area contributed by atoms with Gasteiger partial charge in [0.2, 0.25) is 0 Å². The Labute approximate surface area is 141 Å². The van der Waals surface area contributed by atoms with E-state index in [-0.39, 0.29) is 23.6 Å². The molecule has 2 N–H and O–H groups in total. The van der Waals surface area contributed by atoms with Crippen LogP contribution < -0.4 is 10.6 Å². The maximum Gasteiger partial charge on any atom is 0.407 e. The number of carbonyl (C=O) groups excluding carboxylic acids is 1. The van der Waals surface area contributed by atoms with E-state index in [1.165, 1.54) is 5.56 Å². The molecule has 0 radical (unpaired) electrons. The van der Waals surface area contributed by atoms with Gasteiger partial charge in [0.05, 0.1) is 0 Å². The monoisotopic (exact) mass is 320 g/mol. The first-order valence-electron chi connectivity index (χ1n) is 8.27. The average Bonchev–Trinajstić information content (AvgIpc) is 2.40. The van der Waals surface area contributed by atoms with Crippen molar-refractivity contribution in [3.05, 3.63) is 35.9 Å². The van der Waals surface area contributed by atoms with Gasteiger partial charge in [0, 0.05) is 18.6 Å². The third kappa shape index (κ3) is 7.51. The molecule has 0 saturated carbocycles. The van der Waals surface area contributed by atoms with Gasteiger partial charge >= 0.3 is 6.09 Å². The summed E-state index contributed by atoms with van der Waals surface area (Å²) in [6.45, 7) is 14.8. The largest absolute Gasteiger partial charge is 0.444 e. The number of benzene rings is 1. The molecule has 4 nitrogen and oxygen atoms in total. The third-order valence-corrected chi connectivity index (χ3v) is 3.40. The van der Waals surface area contributed by atoms with Crippen molar-refractivity contribution in [1.82, 2.24) is 10.6 Å². The fourth-order valence-corrected chi connectivity index (χ4v) is 2.39. The van der Waals surface area contributed by atoms with Gasteiger partial charge in [-0.05, 0) is 38.7 Å². The van der Waals surface area contributed by atoms with Crippen LogP contribution in [0, 0.1) is 5.41 Å². The lowest BCUT2D eigenvalue weighted by Crippen LogP contribution is -2.45. The second kappa shape index (κ2) is 7.82. The van der Waals surface area contributed by atoms with E-state index in [0.717, 1.165) is 0 Å². The Balaban J connectivity index is 2.62. The zero-order valence-electron chi connectivity index (χ0n) is 15.6. The van der Waals surface area contributed by atoms with Crippen LogP contribution in [-0.4, -0.2) is 24.3 Å². The van der Waals surface area contributed by atoms with E-state index >= 15 is 0 Å². The Morgan fingerprint density at radius 3 is 2.13 bits per heavy atom. The minimum absolute atomic E-state index is 0.0710. The normalized spacial score (nSPS) is 14.9. The van der Waals surface area contributed by atoms with Crippen LogP contribution in [0.25, 0.3) is 0 Å². The summed E-state index contributed by atoms with van der Waals surface area (Å²) in [6, 6.07) is 10.7. The summed E-state index contributed by atoms with van der Waals surface area (Å²) < 4.78 is 5.27. The zero-order chi connectivity index (χ0) is 17.7. The number of alkyl carbamates (subject to hydrolysis) is 1. The van der Waals surface area contributed by atoms with E-state index in [1.54, 1.807) is 0 Å². The molecule has 0 bridgehead atoms. The number of rotatable bonds is 5. The molecule has 130 valence electrons. The highest BCUT2D eigenvalue weighted by molar-refractivity contribution is 5.67. The Bertz CT molecular complexity index is 486. The predicted molar refractivity (Wildman–Crippen MR) is 95.5 cm³/mol. The molecule has 1 rings (SSSR count). The number of nitrogens with one attached hydrogen (secondary N) is 2. The number of ether oxygens (including phenoxy) is 1. The van der Waals surface area contributed by atoms with E-state index < -0.39 is 5.60 Å². The average molecular weight is 320 g/mol. The van der Waals surface area contributed by atoms with Gasteiger partial charge in [-0.2, -0.15) is 0 Å². The van der Waals surface area contributed by atoms with Crippen molar-refractivity contribution >= 4 is 6.09 Å². The fraction of sp³-hybridized carbons (Fsp3) is 0.632. The van der Waals surface area contributed by atoms with Crippen LogP contribution in [0.2, 0.25) is 0 Å². The quantitative estimate of drug-likeness (QED) is 0.851. The first kappa shape index (κ1) is 19.5. The van der Waals surface area contributed by atoms with Crippen LogP contribution in [0.15, 0.2) is 30.3 Å². The summed E-state index contributed by atoms with van der Waals surface area (Å²) in [5.41, 5.74) is 0.851. The summed E-state index contributed by atoms with van der Waals surface area (Å²) in [7, 11) is 0. The van der Waals surface area contributed by atoms with Gasteiger partial charge in [-0.25, -0.2) is 4.79 Å². The molecule has 0 aromatic heterocycles. The number of carbonyl (C=O) groups is 1. The lowest BCUT2D eigenvalue weighted by Gasteiger charge is -2.34. The number of amides is 1. The van der Waals surface area contributed by atoms with Gasteiger partial charge in [-0.15, -0.1) is 0 Å². The van der Waals surface area contributed by atoms with Crippen LogP contribution in [-0.2, 0) is 4.74 Å². The first-order valence-corrected chi connectivity index (χ1v) is 8.27. The molecule has 1 amide bonds. The molecule has 0 saturated heterocycles. The van der Waals surface area contributed by atoms with Crippen molar-refractivity contribution in [2.75, 3.05) is 6.54 Å². The van der Waals surface area contributed by atoms with E-state index in [1.807, 2.05) is 26.8 Å². The van der Waals surface area contributed by atoms with Gasteiger partial charge in [0.15, 0.2) is 0 Å². The van der Waals surface area contributed by atoms with E-state index in [4.69, 9.17) is 4.74 Å². The molecule has 4 heteroatoms. The van der Waals surface area contributed by atoms with E-state index in [9.17, 15) is 4.79 Å². The highest BCUT2D eigenvalue weighted by Crippen LogP contribution is 2.32. The van der Waals surface area contributed by atoms with Crippen LogP contribution in [0.3, 0.4) is 0 Å². The summed E-state index contributed by atoms with van der Waals surface area (Å²) in [5.74, 6) is 0. The van der Waals surface area contributed by atoms with Gasteiger partial charge in [0.1, 0.15) is 5.60 Å². The number of hydrogen-bond donors (Lipinski definition) is 2. The molecule has 0 aliphatic carbocycles. The van der Waals surface area contributed by atoms with Crippen LogP contribution in [0.5, 0.6) is 0 Å². The standard InChI is InChI=1S/C19H32N2O2/c1-14(13-20-17(22)23-19(5,6)7)21-16(18(2,3)4)15-11-9-8-10-12-15/h8-12,14,16,21H,13H2,1-7H3,(H,20,22). The summed E-state index contributed by atoms with van der Waals surface area (Å²) in [6.07, 6.45) is -0.377. The third-order valence-electron chi connectivity index (χ3n) is 3.40. The molecule has 0 fully saturated rings. The molecule has 0 aliphatic heterocycles. The zero-order valence-corrected chi connectivity index (χ0v) is 15.6. The maximum atomic E-state index is 11.8. The molecule has 0 spiro atoms. The Morgan fingerprint density at radius 1 is 1.09 bits per heavy atom. The molecule has 0 heterocycles. The van der Waals surface area contributed by atoms with Crippen molar-refractivity contribution in [2.24, 2.45) is 5.41 Å². The summed E-state index contributed by atoms with van der Waals surface area (Å²) in [4.78, 5) is 11.8. The SMILES string of the molecule is CC(CNC(=O)OC(C)(C)C)NC(c1ccccc1)C(C)(C)C. The predicted octanol–water partition coefficient (Wildman–Crippen LogP) is 4.28. The molecule has 2 atom stereocenters. The second-order valence-electron chi connectivity index (χ2n) is 8.16. The summed E-state index contributed by atoms with van der Waals surface area (Å²) >= 11 is 0. The van der Waals surface area contributed by atoms with Crippen LogP contribution in [0.1, 0.15) is 60.1 Å². The summed E-state index contributed by atoms with van der Waals surface area (Å²) in [5, 5.41) is 6.44. The highest BCUT2D eigenvalue weighted by Gasteiger charge is 2.27. The van der Waals surface area contributed by atoms with Gasteiger partial charge < -0.3 is 15.4 Å². The van der Waals surface area contributed by atoms with Gasteiger partial charge in [0.25, 0.3) is 0 Å². The lowest BCUT2D eigenvalue weighted by molar-refractivity contribution is 0.0521. The minimum Gasteiger partial charge on any atom is -0.444 e. The lowest BCUT2D eigenvalue weighted by atomic mass is 9.82.